The van der Waals surface area contributed by atoms with Gasteiger partial charge in [0.1, 0.15) is 0 Å². The van der Waals surface area contributed by atoms with E-state index in [1.54, 1.807) is 6.92 Å². The fourth-order valence-corrected chi connectivity index (χ4v) is 4.06. The molecule has 0 aromatic heterocycles. The van der Waals surface area contributed by atoms with Crippen LogP contribution in [0.15, 0.2) is 0 Å². The minimum Gasteiger partial charge on any atom is -0.310 e. The van der Waals surface area contributed by atoms with E-state index in [1.807, 2.05) is 0 Å². The van der Waals surface area contributed by atoms with E-state index in [9.17, 15) is 4.57 Å². The number of hydrogen-bond acceptors (Lipinski definition) is 3. The molecule has 0 aliphatic carbocycles. The predicted molar refractivity (Wildman–Crippen MR) is 52.4 cm³/mol. The van der Waals surface area contributed by atoms with E-state index in [2.05, 4.69) is 13.8 Å². The van der Waals surface area contributed by atoms with E-state index in [4.69, 9.17) is 15.8 Å². The fourth-order valence-electron chi connectivity index (χ4n) is 0.430. The van der Waals surface area contributed by atoms with E-state index in [-0.39, 0.29) is 0 Å². The van der Waals surface area contributed by atoms with Crippen LogP contribution >= 0.6 is 28.5 Å². The Morgan fingerprint density at radius 1 is 1.64 bits per heavy atom. The molecule has 0 aromatic carbocycles. The van der Waals surface area contributed by atoms with Gasteiger partial charge in [-0.25, -0.2) is 0 Å². The Bertz CT molecular complexity index is 152. The Labute approximate surface area is 77.0 Å². The number of halogens is 1. The van der Waals surface area contributed by atoms with Gasteiger partial charge in [-0.05, 0) is 24.1 Å². The topological polar surface area (TPSA) is 26.3 Å². The molecule has 0 spiro atoms. The Hall–Kier alpha value is 0.830. The molecule has 0 radical (unpaired) electrons. The molecule has 0 bridgehead atoms. The minimum absolute atomic E-state index is 0.409. The molecule has 5 heteroatoms. The third-order valence-electron chi connectivity index (χ3n) is 0.845. The second kappa shape index (κ2) is 5.47. The van der Waals surface area contributed by atoms with Crippen molar-refractivity contribution in [3.05, 3.63) is 0 Å². The monoisotopic (exact) mass is 216 g/mol. The zero-order chi connectivity index (χ0) is 8.91. The maximum atomic E-state index is 11.2. The first kappa shape index (κ1) is 11.8. The van der Waals surface area contributed by atoms with Gasteiger partial charge in [-0.2, -0.15) is 0 Å². The maximum Gasteiger partial charge on any atom is 0.346 e. The molecule has 0 saturated carbocycles. The summed E-state index contributed by atoms with van der Waals surface area (Å²) in [5.41, 5.74) is 0. The Morgan fingerprint density at radius 3 is 2.55 bits per heavy atom. The number of rotatable bonds is 5. The highest BCUT2D eigenvalue weighted by Gasteiger charge is 2.19. The van der Waals surface area contributed by atoms with E-state index in [0.717, 1.165) is 5.75 Å². The zero-order valence-corrected chi connectivity index (χ0v) is 9.51. The predicted octanol–water partition coefficient (Wildman–Crippen LogP) is 3.76. The van der Waals surface area contributed by atoms with Gasteiger partial charge < -0.3 is 4.52 Å². The molecule has 2 nitrogen and oxygen atoms in total. The highest BCUT2D eigenvalue weighted by atomic mass is 35.7. The molecule has 0 amide bonds. The highest BCUT2D eigenvalue weighted by Crippen LogP contribution is 2.64. The van der Waals surface area contributed by atoms with Crippen LogP contribution in [0.1, 0.15) is 20.8 Å². The molecule has 0 saturated heterocycles. The summed E-state index contributed by atoms with van der Waals surface area (Å²) in [6.07, 6.45) is 0. The molecule has 11 heavy (non-hydrogen) atoms. The van der Waals surface area contributed by atoms with Crippen LogP contribution < -0.4 is 0 Å². The fraction of sp³-hybridized carbons (Fsp3) is 1.00. The Kier molecular flexibility index (Phi) is 5.88. The third kappa shape index (κ3) is 7.20. The maximum absolute atomic E-state index is 11.2. The first-order valence-corrected chi connectivity index (χ1v) is 7.68. The summed E-state index contributed by atoms with van der Waals surface area (Å²) in [6.45, 7) is 6.29. The van der Waals surface area contributed by atoms with E-state index < -0.39 is 5.92 Å². The second-order valence-electron chi connectivity index (χ2n) is 2.54. The number of hydrogen-bond donors (Lipinski definition) is 0. The van der Waals surface area contributed by atoms with Crippen molar-refractivity contribution in [2.45, 2.75) is 20.8 Å². The van der Waals surface area contributed by atoms with Gasteiger partial charge in [-0.1, -0.05) is 25.2 Å². The lowest BCUT2D eigenvalue weighted by atomic mass is 10.3. The van der Waals surface area contributed by atoms with Crippen LogP contribution in [0.3, 0.4) is 0 Å². The quantitative estimate of drug-likeness (QED) is 0.655. The van der Waals surface area contributed by atoms with Crippen molar-refractivity contribution in [3.8, 4) is 0 Å². The Morgan fingerprint density at radius 2 is 2.18 bits per heavy atom. The van der Waals surface area contributed by atoms with Gasteiger partial charge in [0, 0.05) is 5.75 Å². The summed E-state index contributed by atoms with van der Waals surface area (Å²) in [5, 5.41) is 0. The summed E-state index contributed by atoms with van der Waals surface area (Å²) in [6, 6.07) is 0. The van der Waals surface area contributed by atoms with E-state index in [1.165, 1.54) is 11.4 Å². The molecule has 0 aliphatic heterocycles. The van der Waals surface area contributed by atoms with Gasteiger partial charge in [0.15, 0.2) is 0 Å². The van der Waals surface area contributed by atoms with Crippen LogP contribution in [0, 0.1) is 5.92 Å². The van der Waals surface area contributed by atoms with Crippen LogP contribution in [0.2, 0.25) is 0 Å². The lowest BCUT2D eigenvalue weighted by Crippen LogP contribution is -1.90. The molecule has 68 valence electrons. The van der Waals surface area contributed by atoms with Crippen molar-refractivity contribution in [1.82, 2.24) is 0 Å². The molecular weight excluding hydrogens is 203 g/mol. The third-order valence-corrected chi connectivity index (χ3v) is 5.40. The van der Waals surface area contributed by atoms with Crippen LogP contribution in [0.5, 0.6) is 0 Å². The molecule has 1 atom stereocenters. The summed E-state index contributed by atoms with van der Waals surface area (Å²) in [4.78, 5) is 0. The van der Waals surface area contributed by atoms with E-state index >= 15 is 0 Å². The van der Waals surface area contributed by atoms with Crippen molar-refractivity contribution in [1.29, 1.82) is 0 Å². The first-order valence-electron chi connectivity index (χ1n) is 3.56. The lowest BCUT2D eigenvalue weighted by molar-refractivity contribution is 0.356. The minimum atomic E-state index is -2.86. The van der Waals surface area contributed by atoms with Crippen molar-refractivity contribution in [3.63, 3.8) is 0 Å². The van der Waals surface area contributed by atoms with Crippen LogP contribution in [0.25, 0.3) is 0 Å². The SMILES string of the molecule is CCOP(=O)(Cl)SCC(C)C. The largest absolute Gasteiger partial charge is 0.346 e. The van der Waals surface area contributed by atoms with Crippen LogP contribution in [0.4, 0.5) is 0 Å². The van der Waals surface area contributed by atoms with Crippen LogP contribution in [-0.2, 0) is 9.09 Å². The van der Waals surface area contributed by atoms with Gasteiger partial charge in [0.2, 0.25) is 0 Å². The molecule has 0 rings (SSSR count). The second-order valence-corrected chi connectivity index (χ2v) is 8.40. The van der Waals surface area contributed by atoms with Gasteiger partial charge in [-0.15, -0.1) is 0 Å². The summed E-state index contributed by atoms with van der Waals surface area (Å²) in [5.74, 6) is -1.59. The highest BCUT2D eigenvalue weighted by molar-refractivity contribution is 8.63. The molecule has 1 unspecified atom stereocenters. The molecule has 0 fully saturated rings. The molecular formula is C6H14ClO2PS. The van der Waals surface area contributed by atoms with Crippen LogP contribution in [-0.4, -0.2) is 12.4 Å². The standard InChI is InChI=1S/C6H14ClO2PS/c1-4-9-10(7,8)11-5-6(2)3/h6H,4-5H2,1-3H3. The smallest absolute Gasteiger partial charge is 0.310 e. The first-order chi connectivity index (χ1) is 4.98. The van der Waals surface area contributed by atoms with Crippen molar-refractivity contribution in [2.75, 3.05) is 12.4 Å². The Balaban J connectivity index is 3.64. The molecule has 0 aliphatic rings. The van der Waals surface area contributed by atoms with Gasteiger partial charge in [0.05, 0.1) is 6.61 Å². The average molecular weight is 217 g/mol. The van der Waals surface area contributed by atoms with Crippen molar-refractivity contribution in [2.24, 2.45) is 5.92 Å². The van der Waals surface area contributed by atoms with Gasteiger partial charge >= 0.3 is 5.92 Å². The zero-order valence-electron chi connectivity index (χ0n) is 7.04. The van der Waals surface area contributed by atoms with Crippen molar-refractivity contribution < 1.29 is 9.09 Å². The molecule has 0 heterocycles. The summed E-state index contributed by atoms with van der Waals surface area (Å²) >= 11 is 6.79. The van der Waals surface area contributed by atoms with E-state index in [0.29, 0.717) is 12.5 Å². The average Bonchev–Trinajstić information content (AvgIpc) is 1.84. The molecule has 0 N–H and O–H groups in total. The summed E-state index contributed by atoms with van der Waals surface area (Å²) in [7, 11) is 0. The molecule has 0 aromatic rings. The van der Waals surface area contributed by atoms with Gasteiger partial charge in [0.25, 0.3) is 0 Å². The summed E-state index contributed by atoms with van der Waals surface area (Å²) < 4.78 is 16.1. The normalized spacial score (nSPS) is 16.8. The lowest BCUT2D eigenvalue weighted by Gasteiger charge is -2.09. The van der Waals surface area contributed by atoms with Crippen molar-refractivity contribution >= 4 is 28.5 Å². The van der Waals surface area contributed by atoms with Gasteiger partial charge in [-0.3, -0.25) is 4.57 Å².